The van der Waals surface area contributed by atoms with Crippen LogP contribution in [-0.4, -0.2) is 32.6 Å². The number of amides is 1. The highest BCUT2D eigenvalue weighted by molar-refractivity contribution is 6.29. The van der Waals surface area contributed by atoms with E-state index in [2.05, 4.69) is 26.2 Å². The van der Waals surface area contributed by atoms with E-state index >= 15 is 0 Å². The molecule has 1 saturated heterocycles. The first-order valence-electron chi connectivity index (χ1n) is 8.98. The molecule has 0 spiro atoms. The summed E-state index contributed by atoms with van der Waals surface area (Å²) in [5, 5.41) is 17.3. The molecule has 0 bridgehead atoms. The molecule has 1 aliphatic heterocycles. The number of aromatic nitrogens is 4. The van der Waals surface area contributed by atoms with Crippen molar-refractivity contribution in [3.8, 4) is 17.3 Å². The van der Waals surface area contributed by atoms with Gasteiger partial charge in [-0.3, -0.25) is 19.8 Å². The first-order chi connectivity index (χ1) is 13.7. The SMILES string of the molecule is N#Cc1c(-c2ccncc2)n[nH]c1N1CCCC(Cc2ccc(Cl)nc2)C1=O. The number of H-pyrrole nitrogens is 1. The Morgan fingerprint density at radius 2 is 2.11 bits per heavy atom. The van der Waals surface area contributed by atoms with Gasteiger partial charge in [-0.05, 0) is 43.0 Å². The summed E-state index contributed by atoms with van der Waals surface area (Å²) in [6, 6.07) is 9.39. The zero-order chi connectivity index (χ0) is 19.5. The van der Waals surface area contributed by atoms with E-state index in [9.17, 15) is 10.1 Å². The van der Waals surface area contributed by atoms with E-state index in [1.165, 1.54) is 0 Å². The molecule has 1 fully saturated rings. The fourth-order valence-electron chi connectivity index (χ4n) is 3.53. The number of hydrogen-bond donors (Lipinski definition) is 1. The molecule has 1 aliphatic rings. The molecule has 3 aromatic rings. The standard InChI is InChI=1S/C20H17ClN6O/c21-17-4-3-13(12-24-17)10-15-2-1-9-27(20(15)28)19-16(11-22)18(25-26-19)14-5-7-23-8-6-14/h3-8,12,15H,1-2,9-10H2,(H,25,26). The van der Waals surface area contributed by atoms with Crippen molar-refractivity contribution in [3.05, 3.63) is 59.1 Å². The fourth-order valence-corrected chi connectivity index (χ4v) is 3.64. The number of halogens is 1. The van der Waals surface area contributed by atoms with Gasteiger partial charge in [0, 0.05) is 36.6 Å². The van der Waals surface area contributed by atoms with E-state index in [-0.39, 0.29) is 11.8 Å². The van der Waals surface area contributed by atoms with Gasteiger partial charge in [0.25, 0.3) is 0 Å². The number of anilines is 1. The molecular formula is C20H17ClN6O. The van der Waals surface area contributed by atoms with Crippen molar-refractivity contribution in [2.75, 3.05) is 11.4 Å². The summed E-state index contributed by atoms with van der Waals surface area (Å²) >= 11 is 5.84. The van der Waals surface area contributed by atoms with Crippen molar-refractivity contribution in [1.29, 1.82) is 5.26 Å². The molecule has 1 N–H and O–H groups in total. The Balaban J connectivity index is 1.60. The second-order valence-electron chi connectivity index (χ2n) is 6.67. The molecule has 4 rings (SSSR count). The zero-order valence-corrected chi connectivity index (χ0v) is 15.7. The molecule has 0 saturated carbocycles. The normalized spacial score (nSPS) is 16.8. The van der Waals surface area contributed by atoms with Gasteiger partial charge < -0.3 is 0 Å². The minimum atomic E-state index is -0.170. The number of piperidine rings is 1. The summed E-state index contributed by atoms with van der Waals surface area (Å²) in [6.07, 6.45) is 7.23. The van der Waals surface area contributed by atoms with E-state index in [0.717, 1.165) is 24.0 Å². The van der Waals surface area contributed by atoms with E-state index in [1.54, 1.807) is 41.7 Å². The Kier molecular flexibility index (Phi) is 5.04. The highest BCUT2D eigenvalue weighted by Gasteiger charge is 2.33. The lowest BCUT2D eigenvalue weighted by Gasteiger charge is -2.31. The Labute approximate surface area is 167 Å². The largest absolute Gasteiger partial charge is 0.296 e. The Bertz CT molecular complexity index is 1030. The van der Waals surface area contributed by atoms with Crippen molar-refractivity contribution >= 4 is 23.3 Å². The summed E-state index contributed by atoms with van der Waals surface area (Å²) in [6.45, 7) is 0.556. The molecule has 7 nitrogen and oxygen atoms in total. The predicted molar refractivity (Wildman–Crippen MR) is 105 cm³/mol. The molecule has 1 amide bonds. The van der Waals surface area contributed by atoms with Crippen LogP contribution in [0.15, 0.2) is 42.9 Å². The molecule has 1 atom stereocenters. The minimum Gasteiger partial charge on any atom is -0.296 e. The average molecular weight is 393 g/mol. The lowest BCUT2D eigenvalue weighted by Crippen LogP contribution is -2.42. The van der Waals surface area contributed by atoms with Gasteiger partial charge in [0.2, 0.25) is 5.91 Å². The van der Waals surface area contributed by atoms with E-state index in [1.807, 2.05) is 6.07 Å². The quantitative estimate of drug-likeness (QED) is 0.686. The molecule has 140 valence electrons. The minimum absolute atomic E-state index is 0.0115. The molecule has 4 heterocycles. The maximum absolute atomic E-state index is 13.1. The topological polar surface area (TPSA) is 98.6 Å². The Morgan fingerprint density at radius 3 is 2.82 bits per heavy atom. The first kappa shape index (κ1) is 18.1. The van der Waals surface area contributed by atoms with Crippen molar-refractivity contribution in [3.63, 3.8) is 0 Å². The number of hydrogen-bond acceptors (Lipinski definition) is 5. The maximum atomic E-state index is 13.1. The van der Waals surface area contributed by atoms with Crippen LogP contribution in [0.1, 0.15) is 24.0 Å². The van der Waals surface area contributed by atoms with Crippen molar-refractivity contribution in [1.82, 2.24) is 20.2 Å². The second kappa shape index (κ2) is 7.79. The fraction of sp³-hybridized carbons (Fsp3) is 0.250. The summed E-state index contributed by atoms with van der Waals surface area (Å²) < 4.78 is 0. The van der Waals surface area contributed by atoms with Crippen LogP contribution in [0.4, 0.5) is 5.82 Å². The van der Waals surface area contributed by atoms with Crippen molar-refractivity contribution < 1.29 is 4.79 Å². The number of nitriles is 1. The third kappa shape index (κ3) is 3.47. The number of pyridine rings is 2. The number of carbonyl (C=O) groups excluding carboxylic acids is 1. The van der Waals surface area contributed by atoms with Crippen LogP contribution in [0.5, 0.6) is 0 Å². The van der Waals surface area contributed by atoms with Gasteiger partial charge in [-0.25, -0.2) is 4.98 Å². The first-order valence-corrected chi connectivity index (χ1v) is 9.36. The number of carbonyl (C=O) groups is 1. The van der Waals surface area contributed by atoms with Gasteiger partial charge in [0.15, 0.2) is 0 Å². The summed E-state index contributed by atoms with van der Waals surface area (Å²) in [7, 11) is 0. The average Bonchev–Trinajstić information content (AvgIpc) is 3.15. The molecule has 28 heavy (non-hydrogen) atoms. The number of aromatic amines is 1. The van der Waals surface area contributed by atoms with Gasteiger partial charge in [0.05, 0.1) is 0 Å². The third-order valence-electron chi connectivity index (χ3n) is 4.90. The summed E-state index contributed by atoms with van der Waals surface area (Å²) in [4.78, 5) is 22.8. The highest BCUT2D eigenvalue weighted by Crippen LogP contribution is 2.32. The van der Waals surface area contributed by atoms with Gasteiger partial charge in [-0.2, -0.15) is 10.4 Å². The van der Waals surface area contributed by atoms with E-state index in [4.69, 9.17) is 11.6 Å². The van der Waals surface area contributed by atoms with Crippen molar-refractivity contribution in [2.45, 2.75) is 19.3 Å². The van der Waals surface area contributed by atoms with E-state index in [0.29, 0.717) is 35.2 Å². The lowest BCUT2D eigenvalue weighted by atomic mass is 9.91. The summed E-state index contributed by atoms with van der Waals surface area (Å²) in [5.41, 5.74) is 2.64. The smallest absolute Gasteiger partial charge is 0.231 e. The highest BCUT2D eigenvalue weighted by atomic mass is 35.5. The van der Waals surface area contributed by atoms with Crippen LogP contribution in [-0.2, 0) is 11.2 Å². The number of nitrogens with one attached hydrogen (secondary N) is 1. The zero-order valence-electron chi connectivity index (χ0n) is 15.0. The number of rotatable bonds is 4. The maximum Gasteiger partial charge on any atom is 0.231 e. The third-order valence-corrected chi connectivity index (χ3v) is 5.13. The summed E-state index contributed by atoms with van der Waals surface area (Å²) in [5.74, 6) is 0.275. The van der Waals surface area contributed by atoms with Gasteiger partial charge in [0.1, 0.15) is 28.3 Å². The monoisotopic (exact) mass is 392 g/mol. The molecule has 0 aliphatic carbocycles. The molecule has 8 heteroatoms. The lowest BCUT2D eigenvalue weighted by molar-refractivity contribution is -0.123. The van der Waals surface area contributed by atoms with Crippen LogP contribution in [0.3, 0.4) is 0 Å². The van der Waals surface area contributed by atoms with Crippen LogP contribution >= 0.6 is 11.6 Å². The van der Waals surface area contributed by atoms with Gasteiger partial charge in [-0.15, -0.1) is 0 Å². The Morgan fingerprint density at radius 1 is 1.29 bits per heavy atom. The molecule has 1 unspecified atom stereocenters. The molecule has 0 radical (unpaired) electrons. The van der Waals surface area contributed by atoms with Crippen LogP contribution in [0.25, 0.3) is 11.3 Å². The van der Waals surface area contributed by atoms with E-state index < -0.39 is 0 Å². The Hall–Kier alpha value is -3.24. The second-order valence-corrected chi connectivity index (χ2v) is 7.05. The van der Waals surface area contributed by atoms with Gasteiger partial charge >= 0.3 is 0 Å². The predicted octanol–water partition coefficient (Wildman–Crippen LogP) is 3.38. The molecule has 0 aromatic carbocycles. The van der Waals surface area contributed by atoms with Crippen LogP contribution < -0.4 is 4.90 Å². The molecular weight excluding hydrogens is 376 g/mol. The van der Waals surface area contributed by atoms with Crippen LogP contribution in [0, 0.1) is 17.2 Å². The van der Waals surface area contributed by atoms with Gasteiger partial charge in [-0.1, -0.05) is 17.7 Å². The molecule has 3 aromatic heterocycles. The van der Waals surface area contributed by atoms with Crippen molar-refractivity contribution in [2.24, 2.45) is 5.92 Å². The number of nitrogens with zero attached hydrogens (tertiary/aromatic N) is 5. The van der Waals surface area contributed by atoms with Crippen LogP contribution in [0.2, 0.25) is 5.15 Å².